The lowest BCUT2D eigenvalue weighted by Crippen LogP contribution is -2.21. The van der Waals surface area contributed by atoms with Crippen molar-refractivity contribution in [1.29, 1.82) is 0 Å². The number of carbonyl (C=O) groups is 3. The van der Waals surface area contributed by atoms with Crippen molar-refractivity contribution in [2.45, 2.75) is 6.92 Å². The number of nitrogens with two attached hydrogens (primary N) is 1. The van der Waals surface area contributed by atoms with Gasteiger partial charge in [-0.25, -0.2) is 4.79 Å². The zero-order valence-electron chi connectivity index (χ0n) is 13.3. The quantitative estimate of drug-likeness (QED) is 0.560. The van der Waals surface area contributed by atoms with Crippen LogP contribution in [0.1, 0.15) is 17.3 Å². The molecule has 130 valence electrons. The Labute approximate surface area is 149 Å². The van der Waals surface area contributed by atoms with Crippen molar-refractivity contribution in [2.75, 3.05) is 23.0 Å². The van der Waals surface area contributed by atoms with Crippen molar-refractivity contribution < 1.29 is 19.1 Å². The van der Waals surface area contributed by atoms with Gasteiger partial charge in [0.15, 0.2) is 6.61 Å². The number of esters is 1. The Morgan fingerprint density at radius 3 is 2.24 bits per heavy atom. The molecule has 0 heterocycles. The van der Waals surface area contributed by atoms with E-state index in [4.69, 9.17) is 22.1 Å². The first-order valence-corrected chi connectivity index (χ1v) is 7.62. The standard InChI is InChI=1S/C17H16ClN3O4/c1-10(22)20-12-3-5-13(6-4-12)21-16(23)9-25-17(24)14-8-11(18)2-7-15(14)19/h2-8H,9,19H2,1H3,(H,20,22)(H,21,23). The largest absolute Gasteiger partial charge is 0.452 e. The number of hydrogen-bond acceptors (Lipinski definition) is 5. The normalized spacial score (nSPS) is 10.0. The van der Waals surface area contributed by atoms with E-state index in [-0.39, 0.29) is 17.2 Å². The van der Waals surface area contributed by atoms with Crippen LogP contribution in [0, 0.1) is 0 Å². The molecule has 2 aromatic rings. The average molecular weight is 362 g/mol. The summed E-state index contributed by atoms with van der Waals surface area (Å²) in [5, 5.41) is 5.52. The van der Waals surface area contributed by atoms with Crippen molar-refractivity contribution in [2.24, 2.45) is 0 Å². The van der Waals surface area contributed by atoms with Gasteiger partial charge in [0.1, 0.15) is 0 Å². The fraction of sp³-hybridized carbons (Fsp3) is 0.118. The lowest BCUT2D eigenvalue weighted by Gasteiger charge is -2.09. The molecule has 0 fully saturated rings. The number of amides is 2. The summed E-state index contributed by atoms with van der Waals surface area (Å²) in [6.07, 6.45) is 0. The van der Waals surface area contributed by atoms with E-state index >= 15 is 0 Å². The third-order valence-electron chi connectivity index (χ3n) is 3.06. The van der Waals surface area contributed by atoms with Crippen LogP contribution in [0.4, 0.5) is 17.1 Å². The molecular weight excluding hydrogens is 346 g/mol. The SMILES string of the molecule is CC(=O)Nc1ccc(NC(=O)COC(=O)c2cc(Cl)ccc2N)cc1. The molecule has 0 atom stereocenters. The molecule has 0 aliphatic rings. The van der Waals surface area contributed by atoms with E-state index in [1.165, 1.54) is 19.1 Å². The molecule has 0 aromatic heterocycles. The summed E-state index contributed by atoms with van der Waals surface area (Å²) in [7, 11) is 0. The molecule has 2 amide bonds. The highest BCUT2D eigenvalue weighted by molar-refractivity contribution is 6.31. The maximum Gasteiger partial charge on any atom is 0.340 e. The van der Waals surface area contributed by atoms with Crippen LogP contribution in [0.5, 0.6) is 0 Å². The molecular formula is C17H16ClN3O4. The molecule has 25 heavy (non-hydrogen) atoms. The Hall–Kier alpha value is -3.06. The number of carbonyl (C=O) groups excluding carboxylic acids is 3. The maximum absolute atomic E-state index is 11.9. The van der Waals surface area contributed by atoms with Gasteiger partial charge in [0.05, 0.1) is 5.56 Å². The molecule has 0 bridgehead atoms. The van der Waals surface area contributed by atoms with Crippen LogP contribution < -0.4 is 16.4 Å². The first-order chi connectivity index (χ1) is 11.8. The Bertz CT molecular complexity index is 806. The molecule has 0 spiro atoms. The van der Waals surface area contributed by atoms with Crippen molar-refractivity contribution >= 4 is 46.4 Å². The third kappa shape index (κ3) is 5.50. The zero-order valence-corrected chi connectivity index (χ0v) is 14.1. The van der Waals surface area contributed by atoms with Gasteiger partial charge < -0.3 is 21.1 Å². The second kappa shape index (κ2) is 8.16. The Morgan fingerprint density at radius 2 is 1.64 bits per heavy atom. The molecule has 0 radical (unpaired) electrons. The van der Waals surface area contributed by atoms with Gasteiger partial charge in [-0.3, -0.25) is 9.59 Å². The highest BCUT2D eigenvalue weighted by Gasteiger charge is 2.14. The summed E-state index contributed by atoms with van der Waals surface area (Å²) in [5.74, 6) is -1.44. The summed E-state index contributed by atoms with van der Waals surface area (Å²) in [5.41, 5.74) is 7.09. The number of ether oxygens (including phenoxy) is 1. The molecule has 2 rings (SSSR count). The van der Waals surface area contributed by atoms with Gasteiger partial charge in [0, 0.05) is 29.0 Å². The molecule has 4 N–H and O–H groups in total. The minimum absolute atomic E-state index is 0.0972. The van der Waals surface area contributed by atoms with Crippen LogP contribution in [0.15, 0.2) is 42.5 Å². The number of hydrogen-bond donors (Lipinski definition) is 3. The predicted octanol–water partition coefficient (Wildman–Crippen LogP) is 2.68. The van der Waals surface area contributed by atoms with Gasteiger partial charge in [-0.05, 0) is 42.5 Å². The van der Waals surface area contributed by atoms with Crippen LogP contribution in [-0.4, -0.2) is 24.4 Å². The lowest BCUT2D eigenvalue weighted by molar-refractivity contribution is -0.119. The summed E-state index contributed by atoms with van der Waals surface area (Å²) in [6, 6.07) is 10.9. The second-order valence-electron chi connectivity index (χ2n) is 5.11. The third-order valence-corrected chi connectivity index (χ3v) is 3.29. The fourth-order valence-corrected chi connectivity index (χ4v) is 2.12. The number of benzene rings is 2. The Kier molecular flexibility index (Phi) is 5.97. The predicted molar refractivity (Wildman–Crippen MR) is 95.5 cm³/mol. The van der Waals surface area contributed by atoms with Crippen LogP contribution in [-0.2, 0) is 14.3 Å². The number of nitrogens with one attached hydrogen (secondary N) is 2. The van der Waals surface area contributed by atoms with Gasteiger partial charge >= 0.3 is 5.97 Å². The molecule has 2 aromatic carbocycles. The van der Waals surface area contributed by atoms with Crippen LogP contribution >= 0.6 is 11.6 Å². The molecule has 8 heteroatoms. The molecule has 7 nitrogen and oxygen atoms in total. The van der Waals surface area contributed by atoms with Crippen molar-refractivity contribution in [3.63, 3.8) is 0 Å². The van der Waals surface area contributed by atoms with Crippen LogP contribution in [0.3, 0.4) is 0 Å². The number of anilines is 3. The number of nitrogen functional groups attached to an aromatic ring is 1. The van der Waals surface area contributed by atoms with E-state index < -0.39 is 18.5 Å². The highest BCUT2D eigenvalue weighted by atomic mass is 35.5. The minimum Gasteiger partial charge on any atom is -0.452 e. The highest BCUT2D eigenvalue weighted by Crippen LogP contribution is 2.19. The monoisotopic (exact) mass is 361 g/mol. The second-order valence-corrected chi connectivity index (χ2v) is 5.55. The summed E-state index contributed by atoms with van der Waals surface area (Å²) >= 11 is 5.81. The molecule has 0 saturated heterocycles. The van der Waals surface area contributed by atoms with E-state index in [9.17, 15) is 14.4 Å². The smallest absolute Gasteiger partial charge is 0.340 e. The van der Waals surface area contributed by atoms with Gasteiger partial charge in [0.25, 0.3) is 5.91 Å². The van der Waals surface area contributed by atoms with Gasteiger partial charge in [0.2, 0.25) is 5.91 Å². The first kappa shape index (κ1) is 18.3. The van der Waals surface area contributed by atoms with Crippen molar-refractivity contribution in [3.05, 3.63) is 53.1 Å². The van der Waals surface area contributed by atoms with Gasteiger partial charge in [-0.2, -0.15) is 0 Å². The maximum atomic E-state index is 11.9. The number of halogens is 1. The molecule has 0 aliphatic carbocycles. The Morgan fingerprint density at radius 1 is 1.04 bits per heavy atom. The molecule has 0 unspecified atom stereocenters. The van der Waals surface area contributed by atoms with Gasteiger partial charge in [-0.1, -0.05) is 11.6 Å². The van der Waals surface area contributed by atoms with Crippen molar-refractivity contribution in [3.8, 4) is 0 Å². The Balaban J connectivity index is 1.89. The minimum atomic E-state index is -0.740. The van der Waals surface area contributed by atoms with E-state index in [1.54, 1.807) is 30.3 Å². The summed E-state index contributed by atoms with van der Waals surface area (Å²) in [4.78, 5) is 34.7. The van der Waals surface area contributed by atoms with Crippen LogP contribution in [0.2, 0.25) is 5.02 Å². The van der Waals surface area contributed by atoms with E-state index in [2.05, 4.69) is 10.6 Å². The number of rotatable bonds is 5. The summed E-state index contributed by atoms with van der Waals surface area (Å²) < 4.78 is 4.93. The summed E-state index contributed by atoms with van der Waals surface area (Å²) in [6.45, 7) is 0.926. The van der Waals surface area contributed by atoms with E-state index in [0.717, 1.165) is 0 Å². The van der Waals surface area contributed by atoms with Gasteiger partial charge in [-0.15, -0.1) is 0 Å². The molecule has 0 saturated carbocycles. The van der Waals surface area contributed by atoms with E-state index in [0.29, 0.717) is 16.4 Å². The van der Waals surface area contributed by atoms with E-state index in [1.807, 2.05) is 0 Å². The topological polar surface area (TPSA) is 111 Å². The zero-order chi connectivity index (χ0) is 18.4. The average Bonchev–Trinajstić information content (AvgIpc) is 2.56. The van der Waals surface area contributed by atoms with Crippen molar-refractivity contribution in [1.82, 2.24) is 0 Å². The first-order valence-electron chi connectivity index (χ1n) is 7.25. The van der Waals surface area contributed by atoms with Crippen LogP contribution in [0.25, 0.3) is 0 Å². The molecule has 0 aliphatic heterocycles. The lowest BCUT2D eigenvalue weighted by atomic mass is 10.2. The fourth-order valence-electron chi connectivity index (χ4n) is 1.95.